The van der Waals surface area contributed by atoms with Crippen molar-refractivity contribution in [2.24, 2.45) is 0 Å². The minimum Gasteiger partial charge on any atom is -0.379 e. The molecular weight excluding hydrogens is 288 g/mol. The molecule has 1 fully saturated rings. The molecule has 0 amide bonds. The van der Waals surface area contributed by atoms with Gasteiger partial charge in [-0.2, -0.15) is 0 Å². The van der Waals surface area contributed by atoms with Crippen molar-refractivity contribution in [2.45, 2.75) is 58.6 Å². The minimum atomic E-state index is -2.57. The molecule has 0 spiro atoms. The Balaban J connectivity index is 2.43. The topological polar surface area (TPSA) is 49.5 Å². The Kier molecular flexibility index (Phi) is 9.71. The van der Waals surface area contributed by atoms with Crippen molar-refractivity contribution < 1.29 is 22.8 Å². The second-order valence-corrected chi connectivity index (χ2v) is 8.07. The molecule has 5 nitrogen and oxygen atoms in total. The molecule has 0 radical (unpaired) electrons. The molecule has 0 aromatic carbocycles. The molecule has 21 heavy (non-hydrogen) atoms. The molecule has 2 atom stereocenters. The van der Waals surface area contributed by atoms with E-state index in [4.69, 9.17) is 22.8 Å². The molecule has 1 heterocycles. The highest BCUT2D eigenvalue weighted by molar-refractivity contribution is 6.62. The summed E-state index contributed by atoms with van der Waals surface area (Å²) in [6.45, 7) is 12.5. The normalized spacial score (nSPS) is 19.7. The zero-order valence-corrected chi connectivity index (χ0v) is 15.1. The molecule has 0 aliphatic carbocycles. The average Bonchev–Trinajstić information content (AvgIpc) is 3.27. The van der Waals surface area contributed by atoms with E-state index in [1.165, 1.54) is 0 Å². The fourth-order valence-electron chi connectivity index (χ4n) is 2.52. The van der Waals surface area contributed by atoms with Gasteiger partial charge in [0.1, 0.15) is 6.10 Å². The van der Waals surface area contributed by atoms with E-state index in [0.29, 0.717) is 31.5 Å². The largest absolute Gasteiger partial charge is 0.504 e. The Morgan fingerprint density at radius 1 is 1.05 bits per heavy atom. The Morgan fingerprint density at radius 2 is 1.62 bits per heavy atom. The van der Waals surface area contributed by atoms with Crippen LogP contribution in [0.3, 0.4) is 0 Å². The van der Waals surface area contributed by atoms with Crippen molar-refractivity contribution in [1.29, 1.82) is 0 Å². The molecule has 1 saturated heterocycles. The Morgan fingerprint density at radius 3 is 2.05 bits per heavy atom. The number of hydrogen-bond donors (Lipinski definition) is 0. The predicted octanol–water partition coefficient (Wildman–Crippen LogP) is 3.01. The summed E-state index contributed by atoms with van der Waals surface area (Å²) in [6.07, 6.45) is 3.38. The van der Waals surface area contributed by atoms with Crippen molar-refractivity contribution in [2.75, 3.05) is 39.6 Å². The van der Waals surface area contributed by atoms with Crippen LogP contribution in [0.5, 0.6) is 0 Å². The van der Waals surface area contributed by atoms with E-state index in [1.54, 1.807) is 0 Å². The fourth-order valence-corrected chi connectivity index (χ4v) is 5.75. The lowest BCUT2D eigenvalue weighted by molar-refractivity contribution is 0.0566. The maximum atomic E-state index is 6.00. The molecule has 2 unspecified atom stereocenters. The van der Waals surface area contributed by atoms with Crippen LogP contribution in [0.1, 0.15) is 47.0 Å². The van der Waals surface area contributed by atoms with Gasteiger partial charge in [0.15, 0.2) is 0 Å². The maximum absolute atomic E-state index is 6.00. The van der Waals surface area contributed by atoms with Crippen molar-refractivity contribution in [3.63, 3.8) is 0 Å². The summed E-state index contributed by atoms with van der Waals surface area (Å²) in [7, 11) is -2.57. The molecule has 0 aromatic heterocycles. The predicted molar refractivity (Wildman–Crippen MR) is 84.5 cm³/mol. The lowest BCUT2D eigenvalue weighted by Crippen LogP contribution is -2.50. The third-order valence-corrected chi connectivity index (χ3v) is 7.35. The zero-order valence-electron chi connectivity index (χ0n) is 14.1. The van der Waals surface area contributed by atoms with Crippen LogP contribution in [-0.4, -0.2) is 54.5 Å². The summed E-state index contributed by atoms with van der Waals surface area (Å²) in [5.41, 5.74) is 0.345. The molecule has 1 aliphatic heterocycles. The van der Waals surface area contributed by atoms with Gasteiger partial charge in [0.05, 0.1) is 13.2 Å². The van der Waals surface area contributed by atoms with Gasteiger partial charge in [0.25, 0.3) is 0 Å². The summed E-state index contributed by atoms with van der Waals surface area (Å²) in [4.78, 5) is 0. The zero-order chi connectivity index (χ0) is 15.6. The highest BCUT2D eigenvalue weighted by atomic mass is 28.4. The molecule has 6 heteroatoms. The molecule has 1 aliphatic rings. The van der Waals surface area contributed by atoms with E-state index < -0.39 is 8.80 Å². The molecule has 0 saturated carbocycles. The lowest BCUT2D eigenvalue weighted by Gasteiger charge is -2.35. The van der Waals surface area contributed by atoms with Crippen LogP contribution in [0, 0.1) is 0 Å². The third kappa shape index (κ3) is 6.75. The smallest absolute Gasteiger partial charge is 0.379 e. The van der Waals surface area contributed by atoms with Crippen molar-refractivity contribution in [1.82, 2.24) is 0 Å². The number of rotatable bonds is 14. The van der Waals surface area contributed by atoms with Crippen LogP contribution in [0.15, 0.2) is 0 Å². The molecule has 0 N–H and O–H groups in total. The summed E-state index contributed by atoms with van der Waals surface area (Å²) < 4.78 is 28.7. The third-order valence-electron chi connectivity index (χ3n) is 3.58. The first-order valence-electron chi connectivity index (χ1n) is 8.33. The van der Waals surface area contributed by atoms with Crippen molar-refractivity contribution >= 4 is 8.80 Å². The van der Waals surface area contributed by atoms with E-state index in [0.717, 1.165) is 39.1 Å². The fraction of sp³-hybridized carbons (Fsp3) is 1.00. The maximum Gasteiger partial charge on any atom is 0.504 e. The highest BCUT2D eigenvalue weighted by Gasteiger charge is 2.47. The van der Waals surface area contributed by atoms with Gasteiger partial charge >= 0.3 is 8.80 Å². The molecule has 1 rings (SSSR count). The highest BCUT2D eigenvalue weighted by Crippen LogP contribution is 2.33. The Hall–Kier alpha value is 0.0169. The van der Waals surface area contributed by atoms with Crippen LogP contribution in [0.2, 0.25) is 5.54 Å². The first-order valence-corrected chi connectivity index (χ1v) is 10.1. The van der Waals surface area contributed by atoms with Gasteiger partial charge < -0.3 is 22.8 Å². The van der Waals surface area contributed by atoms with Gasteiger partial charge in [-0.1, -0.05) is 6.92 Å². The van der Waals surface area contributed by atoms with Crippen LogP contribution >= 0.6 is 0 Å². The van der Waals surface area contributed by atoms with E-state index in [1.807, 2.05) is 20.8 Å². The standard InChI is InChI=1S/C15H32O5Si/c1-5-15(10-9-11-16-12-14-13-17-14)21(18-6-2,19-7-3)20-8-4/h14-15H,5-13H2,1-4H3. The Labute approximate surface area is 130 Å². The minimum absolute atomic E-state index is 0.343. The van der Waals surface area contributed by atoms with Crippen LogP contribution in [-0.2, 0) is 22.8 Å². The SMILES string of the molecule is CCO[Si](OCC)(OCC)C(CC)CCCOCC1CO1. The van der Waals surface area contributed by atoms with Gasteiger partial charge in [-0.25, -0.2) is 0 Å². The Bertz CT molecular complexity index is 243. The summed E-state index contributed by atoms with van der Waals surface area (Å²) in [5.74, 6) is 0. The number of ether oxygens (including phenoxy) is 2. The average molecular weight is 321 g/mol. The number of epoxide rings is 1. The van der Waals surface area contributed by atoms with Crippen LogP contribution < -0.4 is 0 Å². The van der Waals surface area contributed by atoms with Gasteiger partial charge in [0, 0.05) is 32.0 Å². The first kappa shape index (κ1) is 19.1. The van der Waals surface area contributed by atoms with Crippen molar-refractivity contribution in [3.05, 3.63) is 0 Å². The van der Waals surface area contributed by atoms with E-state index in [9.17, 15) is 0 Å². The number of hydrogen-bond acceptors (Lipinski definition) is 5. The summed E-state index contributed by atoms with van der Waals surface area (Å²) in [6, 6.07) is 0. The summed E-state index contributed by atoms with van der Waals surface area (Å²) >= 11 is 0. The summed E-state index contributed by atoms with van der Waals surface area (Å²) in [5, 5.41) is 0. The second kappa shape index (κ2) is 10.7. The molecule has 126 valence electrons. The van der Waals surface area contributed by atoms with E-state index >= 15 is 0 Å². The van der Waals surface area contributed by atoms with E-state index in [-0.39, 0.29) is 0 Å². The monoisotopic (exact) mass is 320 g/mol. The van der Waals surface area contributed by atoms with Gasteiger partial charge in [-0.3, -0.25) is 0 Å². The first-order chi connectivity index (χ1) is 10.2. The molecular formula is C15H32O5Si. The molecule has 0 aromatic rings. The molecule has 0 bridgehead atoms. The van der Waals surface area contributed by atoms with E-state index in [2.05, 4.69) is 6.92 Å². The lowest BCUT2D eigenvalue weighted by atomic mass is 10.2. The van der Waals surface area contributed by atoms with Gasteiger partial charge in [-0.05, 0) is 40.0 Å². The quantitative estimate of drug-likeness (QED) is 0.280. The van der Waals surface area contributed by atoms with Gasteiger partial charge in [0.2, 0.25) is 0 Å². The second-order valence-electron chi connectivity index (χ2n) is 5.18. The van der Waals surface area contributed by atoms with Gasteiger partial charge in [-0.15, -0.1) is 0 Å². The van der Waals surface area contributed by atoms with Crippen LogP contribution in [0.4, 0.5) is 0 Å². The van der Waals surface area contributed by atoms with Crippen molar-refractivity contribution in [3.8, 4) is 0 Å². The van der Waals surface area contributed by atoms with Crippen LogP contribution in [0.25, 0.3) is 0 Å².